The summed E-state index contributed by atoms with van der Waals surface area (Å²) >= 11 is 3.46. The van der Waals surface area contributed by atoms with Crippen LogP contribution >= 0.6 is 15.9 Å². The number of hydrogen-bond acceptors (Lipinski definition) is 1. The second kappa shape index (κ2) is 8.84. The molecule has 1 aliphatic rings. The van der Waals surface area contributed by atoms with Crippen molar-refractivity contribution < 1.29 is 4.79 Å². The maximum absolute atomic E-state index is 12.7. The lowest BCUT2D eigenvalue weighted by Gasteiger charge is -2.22. The molecule has 1 fully saturated rings. The van der Waals surface area contributed by atoms with Crippen LogP contribution in [0, 0.1) is 5.92 Å². The Balaban J connectivity index is 1.76. The van der Waals surface area contributed by atoms with E-state index in [4.69, 9.17) is 0 Å². The van der Waals surface area contributed by atoms with Gasteiger partial charge < -0.3 is 4.57 Å². The number of carbonyl (C=O) groups is 1. The third kappa shape index (κ3) is 4.30. The summed E-state index contributed by atoms with van der Waals surface area (Å²) in [7, 11) is 0. The number of para-hydroxylation sites is 1. The summed E-state index contributed by atoms with van der Waals surface area (Å²) < 4.78 is 2.34. The van der Waals surface area contributed by atoms with E-state index in [2.05, 4.69) is 51.0 Å². The fraction of sp³-hybridized carbons (Fsp3) is 0.571. The van der Waals surface area contributed by atoms with Crippen LogP contribution in [0.4, 0.5) is 0 Å². The van der Waals surface area contributed by atoms with E-state index in [1.54, 1.807) is 0 Å². The quantitative estimate of drug-likeness (QED) is 0.292. The van der Waals surface area contributed by atoms with Crippen LogP contribution in [0.2, 0.25) is 0 Å². The molecule has 3 heteroatoms. The molecule has 24 heavy (non-hydrogen) atoms. The number of benzene rings is 1. The fourth-order valence-electron chi connectivity index (χ4n) is 3.96. The molecule has 0 radical (unpaired) electrons. The van der Waals surface area contributed by atoms with E-state index >= 15 is 0 Å². The average molecular weight is 390 g/mol. The van der Waals surface area contributed by atoms with Crippen molar-refractivity contribution in [1.82, 2.24) is 4.57 Å². The molecule has 0 unspecified atom stereocenters. The van der Waals surface area contributed by atoms with Crippen molar-refractivity contribution in [3.8, 4) is 0 Å². The molecule has 3 rings (SSSR count). The SMILES string of the molecule is O=C(CCCCCBr)c1cn(CC2CCCCC2)c2ccccc12. The summed E-state index contributed by atoms with van der Waals surface area (Å²) in [6, 6.07) is 8.41. The van der Waals surface area contributed by atoms with Crippen LogP contribution in [-0.2, 0) is 6.54 Å². The highest BCUT2D eigenvalue weighted by Gasteiger charge is 2.18. The first kappa shape index (κ1) is 17.7. The van der Waals surface area contributed by atoms with E-state index < -0.39 is 0 Å². The molecule has 0 aliphatic heterocycles. The second-order valence-corrected chi connectivity index (χ2v) is 7.93. The number of hydrogen-bond donors (Lipinski definition) is 0. The standard InChI is InChI=1S/C21H28BrNO/c22-14-8-2-5-13-21(24)19-16-23(15-17-9-3-1-4-10-17)20-12-7-6-11-18(19)20/h6-7,11-12,16-17H,1-5,8-10,13-15H2. The number of halogens is 1. The van der Waals surface area contributed by atoms with Gasteiger partial charge in [-0.2, -0.15) is 0 Å². The van der Waals surface area contributed by atoms with Crippen molar-refractivity contribution in [2.24, 2.45) is 5.92 Å². The van der Waals surface area contributed by atoms with E-state index in [0.29, 0.717) is 12.2 Å². The Hall–Kier alpha value is -1.09. The molecule has 1 aliphatic carbocycles. The predicted octanol–water partition coefficient (Wildman–Crippen LogP) is 6.36. The summed E-state index contributed by atoms with van der Waals surface area (Å²) in [4.78, 5) is 12.7. The van der Waals surface area contributed by atoms with Crippen molar-refractivity contribution >= 4 is 32.6 Å². The van der Waals surface area contributed by atoms with Crippen LogP contribution in [-0.4, -0.2) is 15.7 Å². The van der Waals surface area contributed by atoms with Gasteiger partial charge in [0.1, 0.15) is 0 Å². The Kier molecular flexibility index (Phi) is 6.53. The van der Waals surface area contributed by atoms with Gasteiger partial charge in [0.2, 0.25) is 0 Å². The zero-order chi connectivity index (χ0) is 16.8. The van der Waals surface area contributed by atoms with Gasteiger partial charge in [-0.15, -0.1) is 0 Å². The minimum Gasteiger partial charge on any atom is -0.346 e. The van der Waals surface area contributed by atoms with Gasteiger partial charge in [-0.25, -0.2) is 0 Å². The third-order valence-electron chi connectivity index (χ3n) is 5.31. The van der Waals surface area contributed by atoms with Crippen LogP contribution in [0.1, 0.15) is 68.1 Å². The first-order valence-electron chi connectivity index (χ1n) is 9.46. The lowest BCUT2D eigenvalue weighted by molar-refractivity contribution is 0.0980. The van der Waals surface area contributed by atoms with Crippen LogP contribution in [0.5, 0.6) is 0 Å². The first-order chi connectivity index (χ1) is 11.8. The Bertz CT molecular complexity index is 670. The lowest BCUT2D eigenvalue weighted by Crippen LogP contribution is -2.13. The number of carbonyl (C=O) groups excluding carboxylic acids is 1. The second-order valence-electron chi connectivity index (χ2n) is 7.14. The molecular weight excluding hydrogens is 362 g/mol. The highest BCUT2D eigenvalue weighted by atomic mass is 79.9. The van der Waals surface area contributed by atoms with Gasteiger partial charge in [-0.05, 0) is 37.7 Å². The van der Waals surface area contributed by atoms with E-state index in [0.717, 1.165) is 48.0 Å². The Morgan fingerprint density at radius 1 is 1.08 bits per heavy atom. The van der Waals surface area contributed by atoms with Gasteiger partial charge in [0.15, 0.2) is 5.78 Å². The minimum atomic E-state index is 0.308. The number of Topliss-reactive ketones (excluding diaryl/α,β-unsaturated/α-hetero) is 1. The first-order valence-corrected chi connectivity index (χ1v) is 10.6. The van der Waals surface area contributed by atoms with Crippen LogP contribution in [0.3, 0.4) is 0 Å². The largest absolute Gasteiger partial charge is 0.346 e. The number of aromatic nitrogens is 1. The van der Waals surface area contributed by atoms with Crippen LogP contribution in [0.15, 0.2) is 30.5 Å². The van der Waals surface area contributed by atoms with E-state index in [-0.39, 0.29) is 0 Å². The number of nitrogens with zero attached hydrogens (tertiary/aromatic N) is 1. The monoisotopic (exact) mass is 389 g/mol. The Morgan fingerprint density at radius 3 is 2.67 bits per heavy atom. The topological polar surface area (TPSA) is 22.0 Å². The zero-order valence-electron chi connectivity index (χ0n) is 14.5. The molecule has 2 aromatic rings. The maximum Gasteiger partial charge on any atom is 0.165 e. The molecule has 1 aromatic heterocycles. The predicted molar refractivity (Wildman–Crippen MR) is 105 cm³/mol. The molecule has 2 nitrogen and oxygen atoms in total. The summed E-state index contributed by atoms with van der Waals surface area (Å²) in [6.07, 6.45) is 12.9. The summed E-state index contributed by atoms with van der Waals surface area (Å²) in [6.45, 7) is 1.07. The van der Waals surface area contributed by atoms with Gasteiger partial charge in [0.25, 0.3) is 0 Å². The number of alkyl halides is 1. The van der Waals surface area contributed by atoms with Gasteiger partial charge >= 0.3 is 0 Å². The van der Waals surface area contributed by atoms with Gasteiger partial charge in [0, 0.05) is 41.0 Å². The number of fused-ring (bicyclic) bond motifs is 1. The molecule has 1 aromatic carbocycles. The van der Waals surface area contributed by atoms with Crippen molar-refractivity contribution in [2.75, 3.05) is 5.33 Å². The Labute approximate surface area is 153 Å². The summed E-state index contributed by atoms with van der Waals surface area (Å²) in [5, 5.41) is 2.17. The lowest BCUT2D eigenvalue weighted by atomic mass is 9.89. The van der Waals surface area contributed by atoms with E-state index in [1.165, 1.54) is 37.6 Å². The van der Waals surface area contributed by atoms with Gasteiger partial charge in [-0.3, -0.25) is 4.79 Å². The Morgan fingerprint density at radius 2 is 1.88 bits per heavy atom. The fourth-order valence-corrected chi connectivity index (χ4v) is 4.36. The summed E-state index contributed by atoms with van der Waals surface area (Å²) in [5.74, 6) is 1.08. The van der Waals surface area contributed by atoms with Crippen molar-refractivity contribution in [3.05, 3.63) is 36.0 Å². The zero-order valence-corrected chi connectivity index (χ0v) is 16.1. The van der Waals surface area contributed by atoms with Crippen molar-refractivity contribution in [2.45, 2.75) is 64.3 Å². The summed E-state index contributed by atoms with van der Waals surface area (Å²) in [5.41, 5.74) is 2.16. The molecule has 0 N–H and O–H groups in total. The van der Waals surface area contributed by atoms with Crippen LogP contribution < -0.4 is 0 Å². The van der Waals surface area contributed by atoms with Gasteiger partial charge in [0.05, 0.1) is 0 Å². The highest BCUT2D eigenvalue weighted by Crippen LogP contribution is 2.29. The van der Waals surface area contributed by atoms with Crippen LogP contribution in [0.25, 0.3) is 10.9 Å². The molecular formula is C21H28BrNO. The van der Waals surface area contributed by atoms with Gasteiger partial charge in [-0.1, -0.05) is 59.8 Å². The van der Waals surface area contributed by atoms with E-state index in [1.807, 2.05) is 0 Å². The molecule has 0 bridgehead atoms. The molecule has 0 amide bonds. The van der Waals surface area contributed by atoms with Crippen molar-refractivity contribution in [1.29, 1.82) is 0 Å². The number of unbranched alkanes of at least 4 members (excludes halogenated alkanes) is 2. The molecule has 1 saturated carbocycles. The minimum absolute atomic E-state index is 0.308. The molecule has 0 saturated heterocycles. The average Bonchev–Trinajstić information content (AvgIpc) is 2.98. The maximum atomic E-state index is 12.7. The molecule has 1 heterocycles. The van der Waals surface area contributed by atoms with Crippen molar-refractivity contribution in [3.63, 3.8) is 0 Å². The number of ketones is 1. The third-order valence-corrected chi connectivity index (χ3v) is 5.87. The molecule has 0 spiro atoms. The normalized spacial score (nSPS) is 15.9. The van der Waals surface area contributed by atoms with E-state index in [9.17, 15) is 4.79 Å². The smallest absolute Gasteiger partial charge is 0.165 e. The molecule has 130 valence electrons. The molecule has 0 atom stereocenters. The highest BCUT2D eigenvalue weighted by molar-refractivity contribution is 9.09. The number of rotatable bonds is 8.